The van der Waals surface area contributed by atoms with Gasteiger partial charge < -0.3 is 14.8 Å². The smallest absolute Gasteiger partial charge is 0.261 e. The minimum absolute atomic E-state index is 0.0748. The molecule has 26 heavy (non-hydrogen) atoms. The maximum absolute atomic E-state index is 12.7. The summed E-state index contributed by atoms with van der Waals surface area (Å²) in [4.78, 5) is 12.7. The Balaban J connectivity index is 1.76. The summed E-state index contributed by atoms with van der Waals surface area (Å²) >= 11 is 0. The van der Waals surface area contributed by atoms with E-state index in [2.05, 4.69) is 19.2 Å². The Kier molecular flexibility index (Phi) is 5.50. The van der Waals surface area contributed by atoms with Crippen LogP contribution in [0.4, 0.5) is 0 Å². The first-order valence-corrected chi connectivity index (χ1v) is 9.37. The van der Waals surface area contributed by atoms with E-state index in [9.17, 15) is 4.79 Å². The lowest BCUT2D eigenvalue weighted by atomic mass is 9.83. The molecule has 0 spiro atoms. The number of rotatable bonds is 6. The fraction of sp³-hybridized carbons (Fsp3) is 0.409. The van der Waals surface area contributed by atoms with Gasteiger partial charge in [0.2, 0.25) is 0 Å². The molecule has 0 aliphatic carbocycles. The number of fused-ring (bicyclic) bond motifs is 1. The molecule has 1 heterocycles. The zero-order chi connectivity index (χ0) is 18.6. The van der Waals surface area contributed by atoms with Crippen LogP contribution in [0.3, 0.4) is 0 Å². The molecule has 1 N–H and O–H groups in total. The fourth-order valence-electron chi connectivity index (χ4n) is 3.48. The number of amides is 1. The summed E-state index contributed by atoms with van der Waals surface area (Å²) in [6, 6.07) is 17.3. The van der Waals surface area contributed by atoms with E-state index in [-0.39, 0.29) is 17.6 Å². The molecule has 1 amide bonds. The minimum Gasteiger partial charge on any atom is -0.487 e. The molecule has 0 aromatic heterocycles. The highest BCUT2D eigenvalue weighted by molar-refractivity contribution is 5.81. The van der Waals surface area contributed by atoms with Gasteiger partial charge in [-0.2, -0.15) is 0 Å². The molecule has 0 saturated carbocycles. The molecular formula is C22H27NO3. The van der Waals surface area contributed by atoms with Gasteiger partial charge in [0.05, 0.1) is 6.04 Å². The predicted octanol–water partition coefficient (Wildman–Crippen LogP) is 4.65. The first kappa shape index (κ1) is 18.3. The topological polar surface area (TPSA) is 47.6 Å². The van der Waals surface area contributed by atoms with Gasteiger partial charge in [0.1, 0.15) is 17.1 Å². The van der Waals surface area contributed by atoms with Crippen LogP contribution in [-0.2, 0) is 4.79 Å². The summed E-state index contributed by atoms with van der Waals surface area (Å²) in [5, 5.41) is 3.17. The van der Waals surface area contributed by atoms with Crippen molar-refractivity contribution in [1.82, 2.24) is 5.32 Å². The molecule has 0 fully saturated rings. The number of ether oxygens (including phenoxy) is 2. The van der Waals surface area contributed by atoms with Gasteiger partial charge in [-0.3, -0.25) is 4.79 Å². The van der Waals surface area contributed by atoms with Crippen molar-refractivity contribution in [2.75, 3.05) is 0 Å². The maximum Gasteiger partial charge on any atom is 0.261 e. The van der Waals surface area contributed by atoms with Crippen LogP contribution >= 0.6 is 0 Å². The first-order chi connectivity index (χ1) is 12.6. The SMILES string of the molecule is CCC1(CC)CC(NC(=O)C(C)Oc2ccccc2)c2ccccc2O1. The Morgan fingerprint density at radius 3 is 2.50 bits per heavy atom. The van der Waals surface area contributed by atoms with Crippen LogP contribution in [0.15, 0.2) is 54.6 Å². The van der Waals surface area contributed by atoms with Crippen LogP contribution in [0, 0.1) is 0 Å². The van der Waals surface area contributed by atoms with Crippen LogP contribution in [0.25, 0.3) is 0 Å². The zero-order valence-corrected chi connectivity index (χ0v) is 15.7. The molecule has 4 heteroatoms. The van der Waals surface area contributed by atoms with Crippen molar-refractivity contribution in [2.24, 2.45) is 0 Å². The standard InChI is InChI=1S/C22H27NO3/c1-4-22(5-2)15-19(18-13-9-10-14-20(18)26-22)23-21(24)16(3)25-17-11-7-6-8-12-17/h6-14,16,19H,4-5,15H2,1-3H3,(H,23,24). The van der Waals surface area contributed by atoms with Crippen molar-refractivity contribution < 1.29 is 14.3 Å². The van der Waals surface area contributed by atoms with Gasteiger partial charge >= 0.3 is 0 Å². The molecule has 2 aromatic rings. The monoisotopic (exact) mass is 353 g/mol. The highest BCUT2D eigenvalue weighted by atomic mass is 16.5. The Bertz CT molecular complexity index is 740. The van der Waals surface area contributed by atoms with Crippen molar-refractivity contribution in [3.8, 4) is 11.5 Å². The van der Waals surface area contributed by atoms with Gasteiger partial charge in [-0.05, 0) is 38.0 Å². The second-order valence-electron chi connectivity index (χ2n) is 6.87. The summed E-state index contributed by atoms with van der Waals surface area (Å²) in [5.74, 6) is 1.44. The molecule has 0 bridgehead atoms. The normalized spacial score (nSPS) is 19.0. The van der Waals surface area contributed by atoms with Crippen LogP contribution < -0.4 is 14.8 Å². The Morgan fingerprint density at radius 2 is 1.81 bits per heavy atom. The van der Waals surface area contributed by atoms with E-state index in [0.717, 1.165) is 30.6 Å². The lowest BCUT2D eigenvalue weighted by Gasteiger charge is -2.41. The van der Waals surface area contributed by atoms with Crippen LogP contribution in [-0.4, -0.2) is 17.6 Å². The van der Waals surface area contributed by atoms with Crippen molar-refractivity contribution in [1.29, 1.82) is 0 Å². The van der Waals surface area contributed by atoms with Crippen LogP contribution in [0.5, 0.6) is 11.5 Å². The molecule has 2 unspecified atom stereocenters. The third-order valence-corrected chi connectivity index (χ3v) is 5.23. The van der Waals surface area contributed by atoms with E-state index in [0.29, 0.717) is 5.75 Å². The maximum atomic E-state index is 12.7. The molecule has 3 rings (SSSR count). The number of carbonyl (C=O) groups excluding carboxylic acids is 1. The molecule has 2 atom stereocenters. The van der Waals surface area contributed by atoms with E-state index in [1.165, 1.54) is 0 Å². The zero-order valence-electron chi connectivity index (χ0n) is 15.7. The van der Waals surface area contributed by atoms with Gasteiger partial charge in [0.25, 0.3) is 5.91 Å². The summed E-state index contributed by atoms with van der Waals surface area (Å²) in [7, 11) is 0. The average molecular weight is 353 g/mol. The van der Waals surface area contributed by atoms with Crippen molar-refractivity contribution in [3.63, 3.8) is 0 Å². The van der Waals surface area contributed by atoms with E-state index in [1.54, 1.807) is 6.92 Å². The summed E-state index contributed by atoms with van der Waals surface area (Å²) in [6.45, 7) is 6.05. The summed E-state index contributed by atoms with van der Waals surface area (Å²) in [5.41, 5.74) is 0.792. The number of para-hydroxylation sites is 2. The third kappa shape index (κ3) is 3.85. The van der Waals surface area contributed by atoms with Gasteiger partial charge in [-0.1, -0.05) is 50.2 Å². The van der Waals surface area contributed by atoms with Crippen molar-refractivity contribution in [2.45, 2.75) is 57.8 Å². The lowest BCUT2D eigenvalue weighted by molar-refractivity contribution is -0.128. The van der Waals surface area contributed by atoms with Gasteiger partial charge in [-0.15, -0.1) is 0 Å². The van der Waals surface area contributed by atoms with Crippen molar-refractivity contribution >= 4 is 5.91 Å². The molecule has 4 nitrogen and oxygen atoms in total. The largest absolute Gasteiger partial charge is 0.487 e. The van der Waals surface area contributed by atoms with Gasteiger partial charge in [-0.25, -0.2) is 0 Å². The second-order valence-corrected chi connectivity index (χ2v) is 6.87. The molecule has 0 saturated heterocycles. The van der Waals surface area contributed by atoms with E-state index in [1.807, 2.05) is 54.6 Å². The molecule has 0 radical (unpaired) electrons. The molecule has 1 aliphatic heterocycles. The second kappa shape index (κ2) is 7.81. The van der Waals surface area contributed by atoms with Gasteiger partial charge in [0, 0.05) is 12.0 Å². The number of hydrogen-bond acceptors (Lipinski definition) is 3. The lowest BCUT2D eigenvalue weighted by Crippen LogP contribution is -2.46. The number of benzene rings is 2. The average Bonchev–Trinajstić information content (AvgIpc) is 2.68. The van der Waals surface area contributed by atoms with E-state index in [4.69, 9.17) is 9.47 Å². The molecule has 2 aromatic carbocycles. The molecule has 1 aliphatic rings. The number of hydrogen-bond donors (Lipinski definition) is 1. The van der Waals surface area contributed by atoms with Crippen LogP contribution in [0.2, 0.25) is 0 Å². The van der Waals surface area contributed by atoms with E-state index >= 15 is 0 Å². The Hall–Kier alpha value is -2.49. The molecular weight excluding hydrogens is 326 g/mol. The Morgan fingerprint density at radius 1 is 1.15 bits per heavy atom. The fourth-order valence-corrected chi connectivity index (χ4v) is 3.48. The summed E-state index contributed by atoms with van der Waals surface area (Å²) in [6.07, 6.45) is 2.01. The summed E-state index contributed by atoms with van der Waals surface area (Å²) < 4.78 is 12.1. The predicted molar refractivity (Wildman–Crippen MR) is 102 cm³/mol. The number of carbonyl (C=O) groups is 1. The minimum atomic E-state index is -0.565. The van der Waals surface area contributed by atoms with Gasteiger partial charge in [0.15, 0.2) is 6.10 Å². The molecule has 138 valence electrons. The Labute approximate surface area is 155 Å². The first-order valence-electron chi connectivity index (χ1n) is 9.37. The highest BCUT2D eigenvalue weighted by Gasteiger charge is 2.39. The quantitative estimate of drug-likeness (QED) is 0.822. The van der Waals surface area contributed by atoms with Crippen LogP contribution in [0.1, 0.15) is 51.6 Å². The number of nitrogens with one attached hydrogen (secondary N) is 1. The highest BCUT2D eigenvalue weighted by Crippen LogP contribution is 2.42. The van der Waals surface area contributed by atoms with Crippen molar-refractivity contribution in [3.05, 3.63) is 60.2 Å². The third-order valence-electron chi connectivity index (χ3n) is 5.23. The van der Waals surface area contributed by atoms with E-state index < -0.39 is 6.10 Å².